The molecule has 0 amide bonds. The van der Waals surface area contributed by atoms with E-state index >= 15 is 0 Å². The van der Waals surface area contributed by atoms with Gasteiger partial charge in [-0.1, -0.05) is 103 Å². The van der Waals surface area contributed by atoms with Gasteiger partial charge in [0.05, 0.1) is 22.2 Å². The SMILES string of the molecule is c1ccc2c(c1)ccc1c2c2c3ccccc3ccc2n1-c1ccc(-c2nc(-c3ccc4sc5ccccc5c4c3)c3ccccc3n2)cc1. The average Bonchev–Trinajstić information content (AvgIpc) is 3.73. The van der Waals surface area contributed by atoms with Crippen LogP contribution < -0.4 is 0 Å². The van der Waals surface area contributed by atoms with Gasteiger partial charge in [-0.25, -0.2) is 9.97 Å². The van der Waals surface area contributed by atoms with Crippen LogP contribution in [0.1, 0.15) is 0 Å². The van der Waals surface area contributed by atoms with E-state index in [1.54, 1.807) is 0 Å². The third kappa shape index (κ3) is 4.03. The van der Waals surface area contributed by atoms with E-state index in [0.29, 0.717) is 0 Å². The number of thiophene rings is 1. The maximum atomic E-state index is 5.26. The normalized spacial score (nSPS) is 12.0. The van der Waals surface area contributed by atoms with Crippen LogP contribution in [-0.2, 0) is 0 Å². The molecule has 11 aromatic rings. The minimum absolute atomic E-state index is 0.722. The van der Waals surface area contributed by atoms with Gasteiger partial charge in [-0.3, -0.25) is 0 Å². The summed E-state index contributed by atoms with van der Waals surface area (Å²) in [4.78, 5) is 10.3. The van der Waals surface area contributed by atoms with Crippen LogP contribution in [0, 0.1) is 0 Å². The summed E-state index contributed by atoms with van der Waals surface area (Å²) in [5.74, 6) is 0.722. The van der Waals surface area contributed by atoms with E-state index in [4.69, 9.17) is 9.97 Å². The van der Waals surface area contributed by atoms with Crippen LogP contribution in [0.3, 0.4) is 0 Å². The van der Waals surface area contributed by atoms with Gasteiger partial charge in [-0.15, -0.1) is 11.3 Å². The van der Waals surface area contributed by atoms with E-state index in [2.05, 4.69) is 168 Å². The summed E-state index contributed by atoms with van der Waals surface area (Å²) >= 11 is 1.84. The molecule has 11 rings (SSSR count). The Balaban J connectivity index is 1.09. The maximum absolute atomic E-state index is 5.26. The smallest absolute Gasteiger partial charge is 0.160 e. The molecule has 0 radical (unpaired) electrons. The average molecular weight is 654 g/mol. The fourth-order valence-corrected chi connectivity index (χ4v) is 8.97. The molecule has 0 aliphatic rings. The van der Waals surface area contributed by atoms with Gasteiger partial charge in [-0.05, 0) is 82.2 Å². The first-order valence-electron chi connectivity index (χ1n) is 16.9. The summed E-state index contributed by atoms with van der Waals surface area (Å²) in [6.45, 7) is 0. The molecule has 0 aliphatic heterocycles. The van der Waals surface area contributed by atoms with E-state index in [1.807, 2.05) is 11.3 Å². The van der Waals surface area contributed by atoms with Gasteiger partial charge in [0.15, 0.2) is 5.82 Å². The van der Waals surface area contributed by atoms with E-state index in [0.717, 1.165) is 39.2 Å². The van der Waals surface area contributed by atoms with Crippen LogP contribution in [0.2, 0.25) is 0 Å². The number of rotatable bonds is 3. The number of benzene rings is 8. The molecule has 0 N–H and O–H groups in total. The molecular formula is C46H27N3S. The molecule has 0 spiro atoms. The van der Waals surface area contributed by atoms with Gasteiger partial charge >= 0.3 is 0 Å². The minimum Gasteiger partial charge on any atom is -0.309 e. The zero-order valence-electron chi connectivity index (χ0n) is 26.8. The van der Waals surface area contributed by atoms with Gasteiger partial charge in [0.1, 0.15) is 0 Å². The molecule has 0 aliphatic carbocycles. The van der Waals surface area contributed by atoms with Crippen molar-refractivity contribution in [1.29, 1.82) is 0 Å². The van der Waals surface area contributed by atoms with Gasteiger partial charge < -0.3 is 4.57 Å². The Morgan fingerprint density at radius 2 is 1.00 bits per heavy atom. The molecule has 0 fully saturated rings. The second kappa shape index (κ2) is 10.6. The second-order valence-corrected chi connectivity index (χ2v) is 14.0. The Hall–Kier alpha value is -6.36. The molecule has 0 atom stereocenters. The van der Waals surface area contributed by atoms with Crippen molar-refractivity contribution in [2.45, 2.75) is 0 Å². The highest BCUT2D eigenvalue weighted by molar-refractivity contribution is 7.25. The van der Waals surface area contributed by atoms with Crippen molar-refractivity contribution in [3.05, 3.63) is 164 Å². The lowest BCUT2D eigenvalue weighted by Crippen LogP contribution is -1.97. The van der Waals surface area contributed by atoms with E-state index in [9.17, 15) is 0 Å². The zero-order chi connectivity index (χ0) is 32.8. The summed E-state index contributed by atoms with van der Waals surface area (Å²) in [7, 11) is 0. The van der Waals surface area contributed by atoms with E-state index in [1.165, 1.54) is 63.5 Å². The van der Waals surface area contributed by atoms with Crippen molar-refractivity contribution < 1.29 is 0 Å². The third-order valence-electron chi connectivity index (χ3n) is 10.2. The van der Waals surface area contributed by atoms with Crippen LogP contribution in [0.25, 0.3) is 103 Å². The monoisotopic (exact) mass is 653 g/mol. The summed E-state index contributed by atoms with van der Waals surface area (Å²) in [5, 5.41) is 11.2. The van der Waals surface area contributed by atoms with Crippen LogP contribution in [-0.4, -0.2) is 14.5 Å². The molecule has 232 valence electrons. The summed E-state index contributed by atoms with van der Waals surface area (Å²) in [5.41, 5.74) is 7.48. The molecule has 0 saturated heterocycles. The summed E-state index contributed by atoms with van der Waals surface area (Å²) < 4.78 is 4.99. The standard InChI is InChI=1S/C46H27N3S/c1-3-11-33-28(9-1)19-24-39-43(33)44-34-12-4-2-10-29(34)20-25-40(44)49(39)32-22-17-30(18-23-32)46-47-38-15-7-5-14-36(38)45(48-46)31-21-26-42-37(27-31)35-13-6-8-16-41(35)50-42/h1-27H. The van der Waals surface area contributed by atoms with Crippen LogP contribution >= 0.6 is 11.3 Å². The lowest BCUT2D eigenvalue weighted by atomic mass is 10.00. The van der Waals surface area contributed by atoms with Crippen molar-refractivity contribution in [3.63, 3.8) is 0 Å². The first-order chi connectivity index (χ1) is 24.8. The van der Waals surface area contributed by atoms with Crippen molar-refractivity contribution in [1.82, 2.24) is 14.5 Å². The number of hydrogen-bond acceptors (Lipinski definition) is 3. The first-order valence-corrected chi connectivity index (χ1v) is 17.7. The van der Waals surface area contributed by atoms with E-state index in [-0.39, 0.29) is 0 Å². The van der Waals surface area contributed by atoms with Gasteiger partial charge in [0.2, 0.25) is 0 Å². The van der Waals surface area contributed by atoms with Gasteiger partial charge in [0, 0.05) is 53.1 Å². The lowest BCUT2D eigenvalue weighted by Gasteiger charge is -2.12. The minimum atomic E-state index is 0.722. The van der Waals surface area contributed by atoms with Crippen molar-refractivity contribution >= 4 is 85.8 Å². The highest BCUT2D eigenvalue weighted by Crippen LogP contribution is 2.41. The molecular weight excluding hydrogens is 627 g/mol. The second-order valence-electron chi connectivity index (χ2n) is 13.0. The maximum Gasteiger partial charge on any atom is 0.160 e. The first kappa shape index (κ1) is 27.6. The number of aromatic nitrogens is 3. The predicted octanol–water partition coefficient (Wildman–Crippen LogP) is 12.7. The van der Waals surface area contributed by atoms with Gasteiger partial charge in [-0.2, -0.15) is 0 Å². The van der Waals surface area contributed by atoms with Crippen molar-refractivity contribution in [3.8, 4) is 28.3 Å². The Kier molecular flexibility index (Phi) is 5.83. The Morgan fingerprint density at radius 3 is 1.72 bits per heavy atom. The predicted molar refractivity (Wildman–Crippen MR) is 213 cm³/mol. The van der Waals surface area contributed by atoms with Crippen LogP contribution in [0.5, 0.6) is 0 Å². The third-order valence-corrected chi connectivity index (χ3v) is 11.3. The molecule has 0 saturated carbocycles. The van der Waals surface area contributed by atoms with Crippen molar-refractivity contribution in [2.75, 3.05) is 0 Å². The quantitative estimate of drug-likeness (QED) is 0.190. The highest BCUT2D eigenvalue weighted by atomic mass is 32.1. The van der Waals surface area contributed by atoms with E-state index < -0.39 is 0 Å². The fourth-order valence-electron chi connectivity index (χ4n) is 7.88. The van der Waals surface area contributed by atoms with Crippen LogP contribution in [0.15, 0.2) is 164 Å². The van der Waals surface area contributed by atoms with Gasteiger partial charge in [0.25, 0.3) is 0 Å². The molecule has 3 aromatic heterocycles. The molecule has 3 nitrogen and oxygen atoms in total. The van der Waals surface area contributed by atoms with Crippen LogP contribution in [0.4, 0.5) is 0 Å². The zero-order valence-corrected chi connectivity index (χ0v) is 27.7. The molecule has 8 aromatic carbocycles. The summed E-state index contributed by atoms with van der Waals surface area (Å²) in [6, 6.07) is 58.9. The Bertz CT molecular complexity index is 3060. The highest BCUT2D eigenvalue weighted by Gasteiger charge is 2.18. The Labute approximate surface area is 291 Å². The molecule has 0 bridgehead atoms. The van der Waals surface area contributed by atoms with Crippen molar-refractivity contribution in [2.24, 2.45) is 0 Å². The largest absolute Gasteiger partial charge is 0.309 e. The molecule has 3 heterocycles. The Morgan fingerprint density at radius 1 is 0.420 bits per heavy atom. The molecule has 0 unspecified atom stereocenters. The number of hydrogen-bond donors (Lipinski definition) is 0. The number of fused-ring (bicyclic) bond motifs is 11. The lowest BCUT2D eigenvalue weighted by molar-refractivity contribution is 1.18. The summed E-state index contributed by atoms with van der Waals surface area (Å²) in [6.07, 6.45) is 0. The topological polar surface area (TPSA) is 30.7 Å². The molecule has 50 heavy (non-hydrogen) atoms. The molecule has 4 heteroatoms. The number of para-hydroxylation sites is 1. The fraction of sp³-hybridized carbons (Fsp3) is 0. The number of nitrogens with zero attached hydrogens (tertiary/aromatic N) is 3.